The van der Waals surface area contributed by atoms with Gasteiger partial charge in [-0.05, 0) is 62.0 Å². The summed E-state index contributed by atoms with van der Waals surface area (Å²) in [5.74, 6) is 0.0935. The molecule has 0 bridgehead atoms. The molecule has 3 rings (SSSR count). The molecule has 2 aromatic rings. The van der Waals surface area contributed by atoms with Crippen LogP contribution < -0.4 is 10.0 Å². The van der Waals surface area contributed by atoms with E-state index in [9.17, 15) is 13.2 Å². The molecule has 162 valence electrons. The number of benzene rings is 2. The summed E-state index contributed by atoms with van der Waals surface area (Å²) in [5.41, 5.74) is 1.84. The van der Waals surface area contributed by atoms with Gasteiger partial charge in [0, 0.05) is 25.2 Å². The molecule has 1 aliphatic rings. The smallest absolute Gasteiger partial charge is 0.251 e. The lowest BCUT2D eigenvalue weighted by molar-refractivity contribution is 0.0945. The topological polar surface area (TPSA) is 78.5 Å². The molecule has 1 heterocycles. The zero-order valence-electron chi connectivity index (χ0n) is 17.7. The van der Waals surface area contributed by atoms with Gasteiger partial charge in [0.05, 0.1) is 4.90 Å². The fourth-order valence-electron chi connectivity index (χ4n) is 3.72. The van der Waals surface area contributed by atoms with E-state index in [-0.39, 0.29) is 17.3 Å². The molecule has 0 aromatic heterocycles. The Morgan fingerprint density at radius 1 is 1.10 bits per heavy atom. The Kier molecular flexibility index (Phi) is 7.64. The van der Waals surface area contributed by atoms with Crippen LogP contribution in [-0.2, 0) is 16.6 Å². The minimum atomic E-state index is -3.73. The van der Waals surface area contributed by atoms with Gasteiger partial charge < -0.3 is 10.2 Å². The van der Waals surface area contributed by atoms with Crippen molar-refractivity contribution >= 4 is 15.9 Å². The van der Waals surface area contributed by atoms with Gasteiger partial charge in [0.1, 0.15) is 0 Å². The molecule has 7 heteroatoms. The Morgan fingerprint density at radius 2 is 1.80 bits per heavy atom. The lowest BCUT2D eigenvalue weighted by Crippen LogP contribution is -2.34. The van der Waals surface area contributed by atoms with Crippen molar-refractivity contribution in [2.75, 3.05) is 26.2 Å². The van der Waals surface area contributed by atoms with Crippen LogP contribution in [0.15, 0.2) is 53.4 Å². The van der Waals surface area contributed by atoms with Gasteiger partial charge in [-0.1, -0.05) is 43.3 Å². The summed E-state index contributed by atoms with van der Waals surface area (Å²) in [5, 5.41) is 2.95. The van der Waals surface area contributed by atoms with Crippen molar-refractivity contribution in [3.05, 3.63) is 65.2 Å². The fraction of sp³-hybridized carbons (Fsp3) is 0.435. The van der Waals surface area contributed by atoms with Gasteiger partial charge in [0.15, 0.2) is 0 Å². The van der Waals surface area contributed by atoms with Gasteiger partial charge in [-0.3, -0.25) is 4.79 Å². The molecule has 1 saturated heterocycles. The molecule has 1 aliphatic heterocycles. The largest absolute Gasteiger partial charge is 0.352 e. The van der Waals surface area contributed by atoms with Crippen molar-refractivity contribution in [2.45, 2.75) is 38.1 Å². The van der Waals surface area contributed by atoms with Gasteiger partial charge in [0.2, 0.25) is 10.0 Å². The second-order valence-corrected chi connectivity index (χ2v) is 9.85. The minimum Gasteiger partial charge on any atom is -0.352 e. The van der Waals surface area contributed by atoms with E-state index in [2.05, 4.69) is 21.9 Å². The molecule has 1 fully saturated rings. The lowest BCUT2D eigenvalue weighted by Gasteiger charge is -2.20. The van der Waals surface area contributed by atoms with Crippen LogP contribution in [0.4, 0.5) is 0 Å². The number of amides is 1. The molecule has 0 saturated carbocycles. The maximum atomic E-state index is 12.8. The molecule has 30 heavy (non-hydrogen) atoms. The van der Waals surface area contributed by atoms with Crippen LogP contribution in [0.3, 0.4) is 0 Å². The fourth-order valence-corrected chi connectivity index (χ4v) is 5.01. The van der Waals surface area contributed by atoms with E-state index < -0.39 is 10.0 Å². The number of hydrogen-bond donors (Lipinski definition) is 2. The van der Waals surface area contributed by atoms with E-state index in [1.54, 1.807) is 19.1 Å². The first-order chi connectivity index (χ1) is 14.3. The Morgan fingerprint density at radius 3 is 2.50 bits per heavy atom. The van der Waals surface area contributed by atoms with Crippen molar-refractivity contribution in [1.82, 2.24) is 14.9 Å². The third kappa shape index (κ3) is 6.14. The quantitative estimate of drug-likeness (QED) is 0.642. The Hall–Kier alpha value is -2.22. The molecule has 1 unspecified atom stereocenters. The third-order valence-corrected chi connectivity index (χ3v) is 6.97. The number of carbonyl (C=O) groups is 1. The van der Waals surface area contributed by atoms with Crippen LogP contribution in [0.2, 0.25) is 0 Å². The minimum absolute atomic E-state index is 0.135. The average molecular weight is 430 g/mol. The second-order valence-electron chi connectivity index (χ2n) is 8.11. The Labute approximate surface area is 179 Å². The maximum absolute atomic E-state index is 12.8. The van der Waals surface area contributed by atoms with Crippen molar-refractivity contribution in [1.29, 1.82) is 0 Å². The Bertz CT molecular complexity index is 955. The summed E-state index contributed by atoms with van der Waals surface area (Å²) >= 11 is 0. The summed E-state index contributed by atoms with van der Waals surface area (Å²) in [6.07, 6.45) is 2.50. The highest BCUT2D eigenvalue weighted by Gasteiger charge is 2.20. The number of nitrogens with one attached hydrogen (secondary N) is 2. The van der Waals surface area contributed by atoms with Crippen molar-refractivity contribution in [3.8, 4) is 0 Å². The second kappa shape index (κ2) is 10.2. The molecular weight excluding hydrogens is 398 g/mol. The van der Waals surface area contributed by atoms with Gasteiger partial charge in [-0.25, -0.2) is 13.1 Å². The van der Waals surface area contributed by atoms with Crippen LogP contribution in [0, 0.1) is 12.8 Å². The zero-order chi connectivity index (χ0) is 21.6. The standard InChI is InChI=1S/C23H31N3O3S/c1-18(17-26-12-6-7-13-26)15-24-23(27)21-11-10-19(2)22(14-21)30(28,29)25-16-20-8-4-3-5-9-20/h3-5,8-11,14,18,25H,6-7,12-13,15-17H2,1-2H3,(H,24,27). The molecular formula is C23H31N3O3S. The average Bonchev–Trinajstić information content (AvgIpc) is 3.24. The van der Waals surface area contributed by atoms with E-state index >= 15 is 0 Å². The molecule has 2 aromatic carbocycles. The number of carbonyl (C=O) groups excluding carboxylic acids is 1. The van der Waals surface area contributed by atoms with Gasteiger partial charge >= 0.3 is 0 Å². The van der Waals surface area contributed by atoms with E-state index in [0.717, 1.165) is 25.2 Å². The number of rotatable bonds is 9. The first kappa shape index (κ1) is 22.5. The number of nitrogens with zero attached hydrogens (tertiary/aromatic N) is 1. The van der Waals surface area contributed by atoms with Crippen LogP contribution in [0.5, 0.6) is 0 Å². The lowest BCUT2D eigenvalue weighted by atomic mass is 10.1. The van der Waals surface area contributed by atoms with Crippen LogP contribution in [0.1, 0.15) is 41.3 Å². The predicted molar refractivity (Wildman–Crippen MR) is 119 cm³/mol. The number of sulfonamides is 1. The summed E-state index contributed by atoms with van der Waals surface area (Å²) < 4.78 is 28.2. The molecule has 1 amide bonds. The SMILES string of the molecule is Cc1ccc(C(=O)NCC(C)CN2CCCC2)cc1S(=O)(=O)NCc1ccccc1. The maximum Gasteiger partial charge on any atom is 0.251 e. The predicted octanol–water partition coefficient (Wildman–Crippen LogP) is 2.94. The molecule has 0 aliphatic carbocycles. The molecule has 2 N–H and O–H groups in total. The van der Waals surface area contributed by atoms with Gasteiger partial charge in [-0.2, -0.15) is 0 Å². The highest BCUT2D eigenvalue weighted by atomic mass is 32.2. The number of aryl methyl sites for hydroxylation is 1. The highest BCUT2D eigenvalue weighted by molar-refractivity contribution is 7.89. The Balaban J connectivity index is 1.62. The van der Waals surface area contributed by atoms with E-state index in [1.807, 2.05) is 30.3 Å². The summed E-state index contributed by atoms with van der Waals surface area (Å²) in [4.78, 5) is 15.2. The molecule has 0 radical (unpaired) electrons. The number of hydrogen-bond acceptors (Lipinski definition) is 4. The van der Waals surface area contributed by atoms with Crippen LogP contribution >= 0.6 is 0 Å². The molecule has 1 atom stereocenters. The summed E-state index contributed by atoms with van der Waals surface area (Å²) in [6.45, 7) is 7.86. The monoisotopic (exact) mass is 429 g/mol. The van der Waals surface area contributed by atoms with Gasteiger partial charge in [-0.15, -0.1) is 0 Å². The number of likely N-dealkylation sites (tertiary alicyclic amines) is 1. The first-order valence-electron chi connectivity index (χ1n) is 10.5. The van der Waals surface area contributed by atoms with E-state index in [4.69, 9.17) is 0 Å². The normalized spacial score (nSPS) is 15.8. The summed E-state index contributed by atoms with van der Waals surface area (Å²) in [6, 6.07) is 14.2. The van der Waals surface area contributed by atoms with Gasteiger partial charge in [0.25, 0.3) is 5.91 Å². The molecule has 6 nitrogen and oxygen atoms in total. The van der Waals surface area contributed by atoms with E-state index in [1.165, 1.54) is 18.9 Å². The van der Waals surface area contributed by atoms with Crippen LogP contribution in [0.25, 0.3) is 0 Å². The van der Waals surface area contributed by atoms with E-state index in [0.29, 0.717) is 23.6 Å². The first-order valence-corrected chi connectivity index (χ1v) is 12.0. The van der Waals surface area contributed by atoms with Crippen LogP contribution in [-0.4, -0.2) is 45.4 Å². The highest BCUT2D eigenvalue weighted by Crippen LogP contribution is 2.18. The zero-order valence-corrected chi connectivity index (χ0v) is 18.5. The van der Waals surface area contributed by atoms with Crippen molar-refractivity contribution in [3.63, 3.8) is 0 Å². The van der Waals surface area contributed by atoms with Crippen molar-refractivity contribution in [2.24, 2.45) is 5.92 Å². The third-order valence-electron chi connectivity index (χ3n) is 5.43. The summed E-state index contributed by atoms with van der Waals surface area (Å²) in [7, 11) is -3.73. The van der Waals surface area contributed by atoms with Crippen molar-refractivity contribution < 1.29 is 13.2 Å². The molecule has 0 spiro atoms.